The minimum atomic E-state index is -0.404. The Labute approximate surface area is 171 Å². The summed E-state index contributed by atoms with van der Waals surface area (Å²) in [7, 11) is 0. The van der Waals surface area contributed by atoms with Gasteiger partial charge in [0.1, 0.15) is 11.4 Å². The second-order valence-corrected chi connectivity index (χ2v) is 7.29. The summed E-state index contributed by atoms with van der Waals surface area (Å²) in [5.74, 6) is 0.467. The minimum absolute atomic E-state index is 0.0273. The SMILES string of the molecule is Cc1ccc(-c2nc3oc4ccccc4c(=O)c3c(=O)n2Cc2ccccc2)cc1. The van der Waals surface area contributed by atoms with Gasteiger partial charge in [-0.3, -0.25) is 14.2 Å². The van der Waals surface area contributed by atoms with E-state index >= 15 is 0 Å². The van der Waals surface area contributed by atoms with Gasteiger partial charge in [-0.15, -0.1) is 0 Å². The van der Waals surface area contributed by atoms with E-state index in [4.69, 9.17) is 4.42 Å². The van der Waals surface area contributed by atoms with Crippen molar-refractivity contribution in [2.24, 2.45) is 0 Å². The molecule has 0 atom stereocenters. The Morgan fingerprint density at radius 2 is 1.57 bits per heavy atom. The summed E-state index contributed by atoms with van der Waals surface area (Å²) in [6.45, 7) is 2.30. The van der Waals surface area contributed by atoms with Gasteiger partial charge in [0.25, 0.3) is 5.56 Å². The van der Waals surface area contributed by atoms with E-state index < -0.39 is 5.56 Å². The molecule has 3 aromatic carbocycles. The van der Waals surface area contributed by atoms with Crippen molar-refractivity contribution >= 4 is 22.1 Å². The number of benzene rings is 3. The van der Waals surface area contributed by atoms with E-state index in [0.717, 1.165) is 16.7 Å². The number of rotatable bonds is 3. The Hall–Kier alpha value is -3.99. The van der Waals surface area contributed by atoms with Crippen LogP contribution in [0.25, 0.3) is 33.5 Å². The average Bonchev–Trinajstić information content (AvgIpc) is 2.77. The van der Waals surface area contributed by atoms with Gasteiger partial charge in [0, 0.05) is 5.56 Å². The maximum atomic E-state index is 13.5. The highest BCUT2D eigenvalue weighted by Gasteiger charge is 2.19. The van der Waals surface area contributed by atoms with Crippen LogP contribution in [0.3, 0.4) is 0 Å². The van der Waals surface area contributed by atoms with E-state index in [-0.39, 0.29) is 16.5 Å². The molecule has 2 heterocycles. The molecular formula is C25H18N2O3. The molecule has 0 bridgehead atoms. The molecule has 0 fully saturated rings. The summed E-state index contributed by atoms with van der Waals surface area (Å²) in [6, 6.07) is 24.3. The number of aryl methyl sites for hydroxylation is 1. The van der Waals surface area contributed by atoms with Crippen molar-refractivity contribution in [3.63, 3.8) is 0 Å². The van der Waals surface area contributed by atoms with E-state index in [1.54, 1.807) is 28.8 Å². The third kappa shape index (κ3) is 3.01. The highest BCUT2D eigenvalue weighted by Crippen LogP contribution is 2.22. The summed E-state index contributed by atoms with van der Waals surface area (Å²) in [6.07, 6.45) is 0. The maximum absolute atomic E-state index is 13.5. The first kappa shape index (κ1) is 18.1. The fourth-order valence-electron chi connectivity index (χ4n) is 3.62. The van der Waals surface area contributed by atoms with Gasteiger partial charge in [0.05, 0.1) is 11.9 Å². The number of hydrogen-bond donors (Lipinski definition) is 0. The molecule has 0 amide bonds. The van der Waals surface area contributed by atoms with Crippen molar-refractivity contribution in [2.75, 3.05) is 0 Å². The van der Waals surface area contributed by atoms with Crippen molar-refractivity contribution < 1.29 is 4.42 Å². The second kappa shape index (κ2) is 7.12. The van der Waals surface area contributed by atoms with Crippen LogP contribution in [0.1, 0.15) is 11.1 Å². The number of fused-ring (bicyclic) bond motifs is 2. The van der Waals surface area contributed by atoms with Gasteiger partial charge in [-0.2, -0.15) is 4.98 Å². The van der Waals surface area contributed by atoms with Crippen LogP contribution in [0.2, 0.25) is 0 Å². The molecule has 5 nitrogen and oxygen atoms in total. The standard InChI is InChI=1S/C25H18N2O3/c1-16-11-13-18(14-12-16)23-26-24-21(22(28)19-9-5-6-10-20(19)30-24)25(29)27(23)15-17-7-3-2-4-8-17/h2-14H,15H2,1H3. The van der Waals surface area contributed by atoms with E-state index in [1.165, 1.54) is 0 Å². The first-order valence-electron chi connectivity index (χ1n) is 9.69. The monoisotopic (exact) mass is 394 g/mol. The summed E-state index contributed by atoms with van der Waals surface area (Å²) < 4.78 is 7.42. The summed E-state index contributed by atoms with van der Waals surface area (Å²) in [5.41, 5.74) is 2.54. The third-order valence-corrected chi connectivity index (χ3v) is 5.19. The largest absolute Gasteiger partial charge is 0.437 e. The minimum Gasteiger partial charge on any atom is -0.437 e. The fourth-order valence-corrected chi connectivity index (χ4v) is 3.62. The van der Waals surface area contributed by atoms with Gasteiger partial charge in [0.2, 0.25) is 11.1 Å². The summed E-state index contributed by atoms with van der Waals surface area (Å²) >= 11 is 0. The molecule has 5 rings (SSSR count). The second-order valence-electron chi connectivity index (χ2n) is 7.29. The van der Waals surface area contributed by atoms with Crippen molar-refractivity contribution in [1.82, 2.24) is 9.55 Å². The first-order valence-corrected chi connectivity index (χ1v) is 9.69. The summed E-state index contributed by atoms with van der Waals surface area (Å²) in [4.78, 5) is 31.3. The zero-order valence-corrected chi connectivity index (χ0v) is 16.3. The van der Waals surface area contributed by atoms with Crippen LogP contribution in [0.5, 0.6) is 0 Å². The predicted molar refractivity (Wildman–Crippen MR) is 118 cm³/mol. The van der Waals surface area contributed by atoms with E-state index in [0.29, 0.717) is 23.3 Å². The lowest BCUT2D eigenvalue weighted by atomic mass is 10.1. The third-order valence-electron chi connectivity index (χ3n) is 5.19. The Morgan fingerprint density at radius 1 is 0.867 bits per heavy atom. The van der Waals surface area contributed by atoms with Gasteiger partial charge >= 0.3 is 0 Å². The molecule has 30 heavy (non-hydrogen) atoms. The van der Waals surface area contributed by atoms with Crippen LogP contribution in [-0.2, 0) is 6.54 Å². The van der Waals surface area contributed by atoms with Gasteiger partial charge in [-0.1, -0.05) is 72.3 Å². The Morgan fingerprint density at radius 3 is 2.33 bits per heavy atom. The van der Waals surface area contributed by atoms with Crippen molar-refractivity contribution in [3.05, 3.63) is 111 Å². The molecule has 0 aliphatic heterocycles. The number of para-hydroxylation sites is 1. The Kier molecular flexibility index (Phi) is 4.29. The van der Waals surface area contributed by atoms with Crippen LogP contribution in [0.4, 0.5) is 0 Å². The molecule has 0 radical (unpaired) electrons. The van der Waals surface area contributed by atoms with Crippen LogP contribution in [0, 0.1) is 6.92 Å². The average molecular weight is 394 g/mol. The molecular weight excluding hydrogens is 376 g/mol. The molecule has 5 heteroatoms. The van der Waals surface area contributed by atoms with Crippen LogP contribution in [0.15, 0.2) is 92.9 Å². The topological polar surface area (TPSA) is 65.1 Å². The Bertz CT molecular complexity index is 1500. The molecule has 2 aromatic heterocycles. The van der Waals surface area contributed by atoms with Crippen molar-refractivity contribution in [3.8, 4) is 11.4 Å². The van der Waals surface area contributed by atoms with Gasteiger partial charge in [-0.25, -0.2) is 0 Å². The van der Waals surface area contributed by atoms with Crippen molar-refractivity contribution in [1.29, 1.82) is 0 Å². The van der Waals surface area contributed by atoms with E-state index in [2.05, 4.69) is 4.98 Å². The lowest BCUT2D eigenvalue weighted by Gasteiger charge is -2.14. The van der Waals surface area contributed by atoms with E-state index in [1.807, 2.05) is 61.5 Å². The molecule has 0 aliphatic rings. The zero-order chi connectivity index (χ0) is 20.7. The highest BCUT2D eigenvalue weighted by atomic mass is 16.3. The molecule has 0 aliphatic carbocycles. The van der Waals surface area contributed by atoms with Crippen LogP contribution >= 0.6 is 0 Å². The van der Waals surface area contributed by atoms with Crippen LogP contribution in [-0.4, -0.2) is 9.55 Å². The normalized spacial score (nSPS) is 11.2. The smallest absolute Gasteiger partial charge is 0.269 e. The molecule has 0 saturated heterocycles. The molecule has 0 unspecified atom stereocenters. The van der Waals surface area contributed by atoms with Crippen LogP contribution < -0.4 is 11.0 Å². The zero-order valence-electron chi connectivity index (χ0n) is 16.3. The highest BCUT2D eigenvalue weighted by molar-refractivity contribution is 5.88. The predicted octanol–water partition coefficient (Wildman–Crippen LogP) is 4.53. The number of hydrogen-bond acceptors (Lipinski definition) is 4. The first-order chi connectivity index (χ1) is 14.6. The lowest BCUT2D eigenvalue weighted by molar-refractivity contribution is 0.635. The van der Waals surface area contributed by atoms with Gasteiger partial charge in [0.15, 0.2) is 5.39 Å². The molecule has 0 saturated carbocycles. The molecule has 5 aromatic rings. The summed E-state index contributed by atoms with van der Waals surface area (Å²) in [5, 5.41) is 0.346. The molecule has 0 spiro atoms. The van der Waals surface area contributed by atoms with Crippen molar-refractivity contribution in [2.45, 2.75) is 13.5 Å². The van der Waals surface area contributed by atoms with E-state index in [9.17, 15) is 9.59 Å². The maximum Gasteiger partial charge on any atom is 0.269 e. The molecule has 146 valence electrons. The number of nitrogens with zero attached hydrogens (tertiary/aromatic N) is 2. The fraction of sp³-hybridized carbons (Fsp3) is 0.0800. The van der Waals surface area contributed by atoms with Gasteiger partial charge < -0.3 is 4.42 Å². The molecule has 0 N–H and O–H groups in total. The number of aromatic nitrogens is 2. The lowest BCUT2D eigenvalue weighted by Crippen LogP contribution is -2.28. The van der Waals surface area contributed by atoms with Gasteiger partial charge in [-0.05, 0) is 24.6 Å². The Balaban J connectivity index is 1.86. The quantitative estimate of drug-likeness (QED) is 0.422.